The zero-order chi connectivity index (χ0) is 14.8. The minimum Gasteiger partial charge on any atom is -0.340 e. The molecule has 0 atom stereocenters. The molecular formula is C12H24N4O3S. The fourth-order valence-electron chi connectivity index (χ4n) is 3.04. The minimum absolute atomic E-state index is 0.0310. The predicted molar refractivity (Wildman–Crippen MR) is 75.9 cm³/mol. The molecule has 0 aromatic carbocycles. The zero-order valence-electron chi connectivity index (χ0n) is 11.8. The lowest BCUT2D eigenvalue weighted by atomic mass is 9.80. The normalized spacial score (nSPS) is 24.6. The van der Waals surface area contributed by atoms with Gasteiger partial charge in [-0.25, -0.2) is 5.14 Å². The smallest absolute Gasteiger partial charge is 0.277 e. The Balaban J connectivity index is 1.86. The lowest BCUT2D eigenvalue weighted by molar-refractivity contribution is -0.134. The van der Waals surface area contributed by atoms with Crippen molar-refractivity contribution in [2.24, 2.45) is 10.9 Å². The first kappa shape index (κ1) is 15.7. The Morgan fingerprint density at radius 3 is 2.10 bits per heavy atom. The standard InChI is InChI=1S/C12H24N4O3S/c13-12(4-2-1-3-5-12)10-11(17)15-6-8-16(9-7-15)20(14,18)19/h1-10,13H2,(H2,14,18,19). The molecule has 1 aliphatic heterocycles. The van der Waals surface area contributed by atoms with Crippen LogP contribution in [0.5, 0.6) is 0 Å². The van der Waals surface area contributed by atoms with Gasteiger partial charge in [-0.05, 0) is 12.8 Å². The Hall–Kier alpha value is -0.700. The highest BCUT2D eigenvalue weighted by Crippen LogP contribution is 2.29. The highest BCUT2D eigenvalue weighted by molar-refractivity contribution is 7.86. The summed E-state index contributed by atoms with van der Waals surface area (Å²) in [6.07, 6.45) is 5.53. The number of piperazine rings is 1. The fourth-order valence-corrected chi connectivity index (χ4v) is 3.71. The number of amides is 1. The van der Waals surface area contributed by atoms with Crippen molar-refractivity contribution in [2.75, 3.05) is 26.2 Å². The molecule has 2 rings (SSSR count). The highest BCUT2D eigenvalue weighted by Gasteiger charge is 2.33. The van der Waals surface area contributed by atoms with Crippen molar-refractivity contribution in [3.8, 4) is 0 Å². The second-order valence-corrected chi connectivity index (χ2v) is 7.47. The van der Waals surface area contributed by atoms with Crippen molar-refractivity contribution in [1.29, 1.82) is 0 Å². The average molecular weight is 304 g/mol. The molecule has 7 nitrogen and oxygen atoms in total. The lowest BCUT2D eigenvalue weighted by Crippen LogP contribution is -2.54. The van der Waals surface area contributed by atoms with Crippen molar-refractivity contribution in [1.82, 2.24) is 9.21 Å². The summed E-state index contributed by atoms with van der Waals surface area (Å²) in [6.45, 7) is 1.32. The molecule has 4 N–H and O–H groups in total. The Kier molecular flexibility index (Phi) is 4.68. The van der Waals surface area contributed by atoms with Crippen LogP contribution >= 0.6 is 0 Å². The highest BCUT2D eigenvalue weighted by atomic mass is 32.2. The number of carbonyl (C=O) groups is 1. The van der Waals surface area contributed by atoms with E-state index in [1.165, 1.54) is 10.7 Å². The van der Waals surface area contributed by atoms with E-state index in [2.05, 4.69) is 0 Å². The SMILES string of the molecule is NC1(CC(=O)N2CCN(S(N)(=O)=O)CC2)CCCCC1. The van der Waals surface area contributed by atoms with E-state index in [1.807, 2.05) is 0 Å². The predicted octanol–water partition coefficient (Wildman–Crippen LogP) is -0.614. The molecule has 0 bridgehead atoms. The first-order chi connectivity index (χ1) is 9.30. The summed E-state index contributed by atoms with van der Waals surface area (Å²) >= 11 is 0. The summed E-state index contributed by atoms with van der Waals surface area (Å²) in [7, 11) is -3.64. The largest absolute Gasteiger partial charge is 0.340 e. The molecule has 2 fully saturated rings. The van der Waals surface area contributed by atoms with Gasteiger partial charge >= 0.3 is 0 Å². The number of carbonyl (C=O) groups excluding carboxylic acids is 1. The van der Waals surface area contributed by atoms with Crippen molar-refractivity contribution >= 4 is 16.1 Å². The van der Waals surface area contributed by atoms with Crippen LogP contribution in [0.15, 0.2) is 0 Å². The van der Waals surface area contributed by atoms with Gasteiger partial charge in [0.25, 0.3) is 10.2 Å². The summed E-state index contributed by atoms with van der Waals surface area (Å²) in [5, 5.41) is 5.08. The van der Waals surface area contributed by atoms with Gasteiger partial charge in [0, 0.05) is 38.1 Å². The van der Waals surface area contributed by atoms with Crippen LogP contribution in [-0.2, 0) is 15.0 Å². The fraction of sp³-hybridized carbons (Fsp3) is 0.917. The van der Waals surface area contributed by atoms with Crippen LogP contribution < -0.4 is 10.9 Å². The molecule has 0 spiro atoms. The lowest BCUT2D eigenvalue weighted by Gasteiger charge is -2.37. The average Bonchev–Trinajstić information content (AvgIpc) is 2.38. The second-order valence-electron chi connectivity index (χ2n) is 5.92. The van der Waals surface area contributed by atoms with Crippen LogP contribution in [0.25, 0.3) is 0 Å². The third-order valence-corrected chi connectivity index (χ3v) is 5.39. The number of rotatable bonds is 3. The van der Waals surface area contributed by atoms with Crippen molar-refractivity contribution < 1.29 is 13.2 Å². The van der Waals surface area contributed by atoms with Gasteiger partial charge in [0.05, 0.1) is 0 Å². The van der Waals surface area contributed by atoms with E-state index in [9.17, 15) is 13.2 Å². The van der Waals surface area contributed by atoms with E-state index < -0.39 is 10.2 Å². The van der Waals surface area contributed by atoms with Gasteiger partial charge in [0.1, 0.15) is 0 Å². The molecule has 0 unspecified atom stereocenters. The molecule has 1 saturated heterocycles. The van der Waals surface area contributed by atoms with Crippen molar-refractivity contribution in [2.45, 2.75) is 44.1 Å². The van der Waals surface area contributed by atoms with Gasteiger partial charge in [-0.2, -0.15) is 12.7 Å². The maximum Gasteiger partial charge on any atom is 0.277 e. The van der Waals surface area contributed by atoms with E-state index in [1.54, 1.807) is 4.90 Å². The number of hydrogen-bond acceptors (Lipinski definition) is 4. The van der Waals surface area contributed by atoms with Gasteiger partial charge < -0.3 is 10.6 Å². The van der Waals surface area contributed by atoms with Gasteiger partial charge in [-0.3, -0.25) is 4.79 Å². The molecule has 116 valence electrons. The Morgan fingerprint density at radius 2 is 1.60 bits per heavy atom. The molecule has 1 aliphatic carbocycles. The van der Waals surface area contributed by atoms with E-state index in [-0.39, 0.29) is 24.5 Å². The van der Waals surface area contributed by atoms with Crippen LogP contribution in [0.3, 0.4) is 0 Å². The first-order valence-electron chi connectivity index (χ1n) is 7.15. The van der Waals surface area contributed by atoms with Gasteiger partial charge in [-0.1, -0.05) is 19.3 Å². The first-order valence-corrected chi connectivity index (χ1v) is 8.65. The summed E-state index contributed by atoms with van der Waals surface area (Å²) in [5.41, 5.74) is 5.92. The number of nitrogens with zero attached hydrogens (tertiary/aromatic N) is 2. The zero-order valence-corrected chi connectivity index (χ0v) is 12.6. The minimum atomic E-state index is -3.64. The molecule has 0 aromatic rings. The van der Waals surface area contributed by atoms with Gasteiger partial charge in [0.15, 0.2) is 0 Å². The van der Waals surface area contributed by atoms with Crippen LogP contribution in [0, 0.1) is 0 Å². The molecular weight excluding hydrogens is 280 g/mol. The van der Waals surface area contributed by atoms with Gasteiger partial charge in [-0.15, -0.1) is 0 Å². The molecule has 20 heavy (non-hydrogen) atoms. The number of nitrogens with two attached hydrogens (primary N) is 2. The van der Waals surface area contributed by atoms with Crippen molar-refractivity contribution in [3.63, 3.8) is 0 Å². The van der Waals surface area contributed by atoms with E-state index in [0.717, 1.165) is 25.7 Å². The molecule has 1 amide bonds. The molecule has 2 aliphatic rings. The Bertz CT molecular complexity index is 451. The summed E-state index contributed by atoms with van der Waals surface area (Å²) in [6, 6.07) is 0. The van der Waals surface area contributed by atoms with Crippen LogP contribution in [-0.4, -0.2) is 55.2 Å². The van der Waals surface area contributed by atoms with Crippen LogP contribution in [0.1, 0.15) is 38.5 Å². The maximum absolute atomic E-state index is 12.3. The summed E-state index contributed by atoms with van der Waals surface area (Å²) in [4.78, 5) is 14.0. The third kappa shape index (κ3) is 3.91. The molecule has 1 saturated carbocycles. The Labute approximate surface area is 120 Å². The quantitative estimate of drug-likeness (QED) is 0.724. The topological polar surface area (TPSA) is 110 Å². The van der Waals surface area contributed by atoms with E-state index in [4.69, 9.17) is 10.9 Å². The number of hydrogen-bond donors (Lipinski definition) is 2. The van der Waals surface area contributed by atoms with E-state index >= 15 is 0 Å². The Morgan fingerprint density at radius 1 is 1.05 bits per heavy atom. The third-order valence-electron chi connectivity index (χ3n) is 4.30. The van der Waals surface area contributed by atoms with Crippen molar-refractivity contribution in [3.05, 3.63) is 0 Å². The summed E-state index contributed by atoms with van der Waals surface area (Å²) in [5.74, 6) is 0.0310. The maximum atomic E-state index is 12.3. The van der Waals surface area contributed by atoms with Crippen LogP contribution in [0.4, 0.5) is 0 Å². The molecule has 0 radical (unpaired) electrons. The molecule has 1 heterocycles. The second kappa shape index (κ2) is 5.97. The van der Waals surface area contributed by atoms with E-state index in [0.29, 0.717) is 19.5 Å². The van der Waals surface area contributed by atoms with Gasteiger partial charge in [0.2, 0.25) is 5.91 Å². The summed E-state index contributed by atoms with van der Waals surface area (Å²) < 4.78 is 23.6. The van der Waals surface area contributed by atoms with Crippen LogP contribution in [0.2, 0.25) is 0 Å². The monoisotopic (exact) mass is 304 g/mol. The molecule has 8 heteroatoms. The molecule has 0 aromatic heterocycles.